The van der Waals surface area contributed by atoms with Crippen molar-refractivity contribution in [3.8, 4) is 5.75 Å². The summed E-state index contributed by atoms with van der Waals surface area (Å²) in [4.78, 5) is 27.9. The summed E-state index contributed by atoms with van der Waals surface area (Å²) in [5, 5.41) is 2.92. The molecule has 160 valence electrons. The molecular formula is C24H30N2O4. The number of carbonyl (C=O) groups is 2. The fourth-order valence-electron chi connectivity index (χ4n) is 3.66. The second-order valence-electron chi connectivity index (χ2n) is 8.01. The first-order valence-electron chi connectivity index (χ1n) is 10.3. The van der Waals surface area contributed by atoms with E-state index in [-0.39, 0.29) is 29.9 Å². The van der Waals surface area contributed by atoms with Gasteiger partial charge in [-0.25, -0.2) is 0 Å². The first-order valence-corrected chi connectivity index (χ1v) is 10.3. The lowest BCUT2D eigenvalue weighted by atomic mass is 10.00. The second-order valence-corrected chi connectivity index (χ2v) is 8.01. The van der Waals surface area contributed by atoms with Gasteiger partial charge in [-0.2, -0.15) is 0 Å². The van der Waals surface area contributed by atoms with Gasteiger partial charge < -0.3 is 19.7 Å². The number of amides is 2. The van der Waals surface area contributed by atoms with Gasteiger partial charge in [-0.3, -0.25) is 9.59 Å². The fraction of sp³-hybridized carbons (Fsp3) is 0.417. The Balaban J connectivity index is 1.72. The largest absolute Gasteiger partial charge is 0.497 e. The number of methoxy groups -OCH3 is 1. The summed E-state index contributed by atoms with van der Waals surface area (Å²) in [5.41, 5.74) is 1.54. The summed E-state index contributed by atoms with van der Waals surface area (Å²) in [6.45, 7) is 6.82. The number of nitrogens with zero attached hydrogens (tertiary/aromatic N) is 1. The Morgan fingerprint density at radius 2 is 1.73 bits per heavy atom. The van der Waals surface area contributed by atoms with Crippen LogP contribution in [0.5, 0.6) is 5.75 Å². The third kappa shape index (κ3) is 5.19. The summed E-state index contributed by atoms with van der Waals surface area (Å²) < 4.78 is 11.2. The molecular weight excluding hydrogens is 380 g/mol. The van der Waals surface area contributed by atoms with E-state index < -0.39 is 6.04 Å². The Kier molecular flexibility index (Phi) is 7.11. The minimum Gasteiger partial charge on any atom is -0.497 e. The van der Waals surface area contributed by atoms with E-state index in [1.807, 2.05) is 56.0 Å². The lowest BCUT2D eigenvalue weighted by Crippen LogP contribution is -2.55. The van der Waals surface area contributed by atoms with Crippen molar-refractivity contribution in [2.45, 2.75) is 39.0 Å². The Morgan fingerprint density at radius 3 is 2.33 bits per heavy atom. The highest BCUT2D eigenvalue weighted by Gasteiger charge is 2.34. The molecule has 6 heteroatoms. The minimum absolute atomic E-state index is 0.0481. The normalized spacial score (nSPS) is 20.0. The van der Waals surface area contributed by atoms with Crippen LogP contribution >= 0.6 is 0 Å². The molecule has 1 heterocycles. The number of benzene rings is 2. The molecule has 2 aromatic rings. The van der Waals surface area contributed by atoms with Crippen molar-refractivity contribution >= 4 is 11.8 Å². The Bertz CT molecular complexity index is 851. The zero-order valence-electron chi connectivity index (χ0n) is 18.0. The van der Waals surface area contributed by atoms with Gasteiger partial charge in [0.1, 0.15) is 17.9 Å². The molecule has 3 rings (SSSR count). The van der Waals surface area contributed by atoms with E-state index in [0.717, 1.165) is 5.56 Å². The molecule has 0 radical (unpaired) electrons. The molecule has 1 aliphatic heterocycles. The maximum absolute atomic E-state index is 13.4. The number of hydrogen-bond acceptors (Lipinski definition) is 4. The predicted octanol–water partition coefficient (Wildman–Crippen LogP) is 3.44. The van der Waals surface area contributed by atoms with Crippen LogP contribution in [0, 0.1) is 5.92 Å². The van der Waals surface area contributed by atoms with Gasteiger partial charge in [0, 0.05) is 12.1 Å². The van der Waals surface area contributed by atoms with Gasteiger partial charge in [-0.15, -0.1) is 0 Å². The van der Waals surface area contributed by atoms with Gasteiger partial charge in [0.05, 0.1) is 19.8 Å². The van der Waals surface area contributed by atoms with Crippen LogP contribution in [0.15, 0.2) is 54.6 Å². The average molecular weight is 411 g/mol. The molecule has 2 aromatic carbocycles. The highest BCUT2D eigenvalue weighted by Crippen LogP contribution is 2.26. The van der Waals surface area contributed by atoms with Gasteiger partial charge in [0.15, 0.2) is 0 Å². The van der Waals surface area contributed by atoms with Gasteiger partial charge in [-0.05, 0) is 42.7 Å². The van der Waals surface area contributed by atoms with E-state index in [0.29, 0.717) is 24.4 Å². The Morgan fingerprint density at radius 1 is 1.07 bits per heavy atom. The molecule has 6 nitrogen and oxygen atoms in total. The van der Waals surface area contributed by atoms with Gasteiger partial charge in [0.25, 0.3) is 5.91 Å². The number of nitrogens with one attached hydrogen (secondary N) is 1. The molecule has 0 spiro atoms. The number of hydrogen-bond donors (Lipinski definition) is 1. The van der Waals surface area contributed by atoms with Crippen LogP contribution in [0.1, 0.15) is 42.8 Å². The Labute approximate surface area is 178 Å². The van der Waals surface area contributed by atoms with Crippen LogP contribution in [-0.2, 0) is 9.53 Å². The standard InChI is InChI=1S/C24H30N2O4/c1-16(2)22(25-23(27)19-10-12-20(29-4)13-11-19)24(28)26-14-17(3)30-21(15-26)18-8-6-5-7-9-18/h5-13,16-17,21-22H,14-15H2,1-4H3,(H,25,27). The van der Waals surface area contributed by atoms with Gasteiger partial charge in [-0.1, -0.05) is 44.2 Å². The lowest BCUT2D eigenvalue weighted by molar-refractivity contribution is -0.147. The molecule has 30 heavy (non-hydrogen) atoms. The molecule has 1 N–H and O–H groups in total. The van der Waals surface area contributed by atoms with Crippen molar-refractivity contribution in [2.24, 2.45) is 5.92 Å². The number of ether oxygens (including phenoxy) is 2. The topological polar surface area (TPSA) is 67.9 Å². The molecule has 3 unspecified atom stereocenters. The third-order valence-electron chi connectivity index (χ3n) is 5.31. The Hall–Kier alpha value is -2.86. The highest BCUT2D eigenvalue weighted by molar-refractivity contribution is 5.97. The average Bonchev–Trinajstić information content (AvgIpc) is 2.77. The van der Waals surface area contributed by atoms with Crippen LogP contribution in [0.3, 0.4) is 0 Å². The zero-order chi connectivity index (χ0) is 21.7. The monoisotopic (exact) mass is 410 g/mol. The molecule has 3 atom stereocenters. The molecule has 2 amide bonds. The van der Waals surface area contributed by atoms with E-state index in [9.17, 15) is 9.59 Å². The van der Waals surface area contributed by atoms with E-state index in [4.69, 9.17) is 9.47 Å². The quantitative estimate of drug-likeness (QED) is 0.792. The van der Waals surface area contributed by atoms with E-state index in [2.05, 4.69) is 5.32 Å². The first-order chi connectivity index (χ1) is 14.4. The lowest BCUT2D eigenvalue weighted by Gasteiger charge is -2.39. The second kappa shape index (κ2) is 9.76. The molecule has 0 aromatic heterocycles. The van der Waals surface area contributed by atoms with Crippen molar-refractivity contribution in [1.82, 2.24) is 10.2 Å². The highest BCUT2D eigenvalue weighted by atomic mass is 16.5. The third-order valence-corrected chi connectivity index (χ3v) is 5.31. The van der Waals surface area contributed by atoms with E-state index >= 15 is 0 Å². The minimum atomic E-state index is -0.610. The number of carbonyl (C=O) groups excluding carboxylic acids is 2. The summed E-state index contributed by atoms with van der Waals surface area (Å²) >= 11 is 0. The van der Waals surface area contributed by atoms with Gasteiger partial charge >= 0.3 is 0 Å². The molecule has 1 fully saturated rings. The predicted molar refractivity (Wildman–Crippen MR) is 115 cm³/mol. The SMILES string of the molecule is COc1ccc(C(=O)NC(C(=O)N2CC(C)OC(c3ccccc3)C2)C(C)C)cc1. The van der Waals surface area contributed by atoms with E-state index in [1.54, 1.807) is 31.4 Å². The summed E-state index contributed by atoms with van der Waals surface area (Å²) in [6, 6.07) is 16.2. The van der Waals surface area contributed by atoms with Crippen molar-refractivity contribution in [2.75, 3.05) is 20.2 Å². The molecule has 1 saturated heterocycles. The summed E-state index contributed by atoms with van der Waals surface area (Å²) in [7, 11) is 1.58. The van der Waals surface area contributed by atoms with Crippen LogP contribution < -0.4 is 10.1 Å². The van der Waals surface area contributed by atoms with Crippen LogP contribution in [-0.4, -0.2) is 49.1 Å². The first kappa shape index (κ1) is 21.8. The van der Waals surface area contributed by atoms with E-state index in [1.165, 1.54) is 0 Å². The van der Waals surface area contributed by atoms with Crippen LogP contribution in [0.4, 0.5) is 0 Å². The smallest absolute Gasteiger partial charge is 0.251 e. The maximum atomic E-state index is 13.4. The van der Waals surface area contributed by atoms with Gasteiger partial charge in [0.2, 0.25) is 5.91 Å². The van der Waals surface area contributed by atoms with Crippen molar-refractivity contribution in [3.63, 3.8) is 0 Å². The molecule has 0 saturated carbocycles. The molecule has 0 aliphatic carbocycles. The summed E-state index contributed by atoms with van der Waals surface area (Å²) in [5.74, 6) is 0.277. The van der Waals surface area contributed by atoms with Crippen LogP contribution in [0.25, 0.3) is 0 Å². The van der Waals surface area contributed by atoms with Crippen molar-refractivity contribution < 1.29 is 19.1 Å². The van der Waals surface area contributed by atoms with Crippen molar-refractivity contribution in [3.05, 3.63) is 65.7 Å². The fourth-order valence-corrected chi connectivity index (χ4v) is 3.66. The molecule has 1 aliphatic rings. The van der Waals surface area contributed by atoms with Crippen molar-refractivity contribution in [1.29, 1.82) is 0 Å². The molecule has 0 bridgehead atoms. The maximum Gasteiger partial charge on any atom is 0.251 e. The zero-order valence-corrected chi connectivity index (χ0v) is 18.0. The number of morpholine rings is 1. The number of rotatable bonds is 6. The summed E-state index contributed by atoms with van der Waals surface area (Å²) in [6.07, 6.45) is -0.262. The van der Waals surface area contributed by atoms with Crippen LogP contribution in [0.2, 0.25) is 0 Å².